The Morgan fingerprint density at radius 2 is 2.05 bits per heavy atom. The number of rotatable bonds is 2. The molecule has 0 radical (unpaired) electrons. The largest absolute Gasteiger partial charge is 0.480 e. The SMILES string of the molecule is Cc1ccc2cc(C(=O)N3CCCC3C(=O)O)c(C)nc2c1. The minimum Gasteiger partial charge on any atom is -0.480 e. The monoisotopic (exact) mass is 298 g/mol. The van der Waals surface area contributed by atoms with Crippen molar-refractivity contribution in [3.8, 4) is 0 Å². The number of pyridine rings is 1. The molecule has 0 bridgehead atoms. The van der Waals surface area contributed by atoms with Crippen LogP contribution in [-0.2, 0) is 4.79 Å². The van der Waals surface area contributed by atoms with E-state index in [2.05, 4.69) is 4.98 Å². The summed E-state index contributed by atoms with van der Waals surface area (Å²) in [6.45, 7) is 4.28. The molecule has 22 heavy (non-hydrogen) atoms. The predicted octanol–water partition coefficient (Wildman–Crippen LogP) is 2.54. The quantitative estimate of drug-likeness (QED) is 0.925. The Morgan fingerprint density at radius 1 is 1.27 bits per heavy atom. The molecule has 1 fully saturated rings. The summed E-state index contributed by atoms with van der Waals surface area (Å²) in [4.78, 5) is 29.9. The summed E-state index contributed by atoms with van der Waals surface area (Å²) < 4.78 is 0. The lowest BCUT2D eigenvalue weighted by molar-refractivity contribution is -0.141. The van der Waals surface area contributed by atoms with Crippen LogP contribution in [0.15, 0.2) is 24.3 Å². The Balaban J connectivity index is 2.02. The molecule has 5 nitrogen and oxygen atoms in total. The van der Waals surface area contributed by atoms with Gasteiger partial charge in [0.2, 0.25) is 0 Å². The van der Waals surface area contributed by atoms with Crippen molar-refractivity contribution in [1.29, 1.82) is 0 Å². The molecular weight excluding hydrogens is 280 g/mol. The molecule has 1 aromatic carbocycles. The summed E-state index contributed by atoms with van der Waals surface area (Å²) in [6, 6.07) is 6.99. The van der Waals surface area contributed by atoms with Gasteiger partial charge in [-0.05, 0) is 44.4 Å². The van der Waals surface area contributed by atoms with Gasteiger partial charge in [0.05, 0.1) is 16.8 Å². The van der Waals surface area contributed by atoms with Gasteiger partial charge in [0.15, 0.2) is 0 Å². The van der Waals surface area contributed by atoms with Crippen LogP contribution in [0.2, 0.25) is 0 Å². The number of carbonyl (C=O) groups is 2. The number of carboxylic acid groups (broad SMARTS) is 1. The highest BCUT2D eigenvalue weighted by Gasteiger charge is 2.35. The Bertz CT molecular complexity index is 770. The van der Waals surface area contributed by atoms with Crippen molar-refractivity contribution >= 4 is 22.8 Å². The Morgan fingerprint density at radius 3 is 2.77 bits per heavy atom. The molecule has 1 amide bonds. The van der Waals surface area contributed by atoms with Crippen molar-refractivity contribution in [3.63, 3.8) is 0 Å². The second-order valence-electron chi connectivity index (χ2n) is 5.81. The van der Waals surface area contributed by atoms with Crippen molar-refractivity contribution in [1.82, 2.24) is 9.88 Å². The number of aliphatic carboxylic acids is 1. The van der Waals surface area contributed by atoms with Crippen molar-refractivity contribution in [2.45, 2.75) is 32.7 Å². The van der Waals surface area contributed by atoms with Crippen LogP contribution in [0.1, 0.15) is 34.5 Å². The molecule has 114 valence electrons. The van der Waals surface area contributed by atoms with E-state index in [1.807, 2.05) is 31.2 Å². The van der Waals surface area contributed by atoms with E-state index in [1.165, 1.54) is 4.90 Å². The highest BCUT2D eigenvalue weighted by molar-refractivity contribution is 6.00. The van der Waals surface area contributed by atoms with Crippen LogP contribution < -0.4 is 0 Å². The van der Waals surface area contributed by atoms with E-state index in [-0.39, 0.29) is 5.91 Å². The van der Waals surface area contributed by atoms with Crippen LogP contribution in [0.4, 0.5) is 0 Å². The van der Waals surface area contributed by atoms with Gasteiger partial charge in [-0.15, -0.1) is 0 Å². The first-order valence-corrected chi connectivity index (χ1v) is 7.39. The summed E-state index contributed by atoms with van der Waals surface area (Å²) >= 11 is 0. The number of amides is 1. The molecule has 0 spiro atoms. The third-order valence-electron chi connectivity index (χ3n) is 4.19. The molecule has 1 aromatic heterocycles. The number of carboxylic acids is 1. The molecule has 1 aliphatic heterocycles. The fourth-order valence-corrected chi connectivity index (χ4v) is 3.01. The number of likely N-dealkylation sites (tertiary alicyclic amines) is 1. The maximum Gasteiger partial charge on any atom is 0.326 e. The van der Waals surface area contributed by atoms with E-state index in [1.54, 1.807) is 6.92 Å². The van der Waals surface area contributed by atoms with Gasteiger partial charge in [-0.2, -0.15) is 0 Å². The lowest BCUT2D eigenvalue weighted by atomic mass is 10.1. The average molecular weight is 298 g/mol. The molecule has 1 N–H and O–H groups in total. The van der Waals surface area contributed by atoms with Gasteiger partial charge in [0.1, 0.15) is 6.04 Å². The van der Waals surface area contributed by atoms with E-state index in [4.69, 9.17) is 0 Å². The number of nitrogens with zero attached hydrogens (tertiary/aromatic N) is 2. The first kappa shape index (κ1) is 14.5. The molecule has 0 aliphatic carbocycles. The molecule has 1 unspecified atom stereocenters. The molecule has 0 saturated carbocycles. The predicted molar refractivity (Wildman–Crippen MR) is 82.9 cm³/mol. The summed E-state index contributed by atoms with van der Waals surface area (Å²) in [5.41, 5.74) is 3.10. The number of carbonyl (C=O) groups excluding carboxylic acids is 1. The Kier molecular flexibility index (Phi) is 3.56. The molecule has 3 rings (SSSR count). The Labute approximate surface area is 128 Å². The second-order valence-corrected chi connectivity index (χ2v) is 5.81. The maximum absolute atomic E-state index is 12.7. The van der Waals surface area contributed by atoms with Gasteiger partial charge in [0, 0.05) is 11.9 Å². The standard InChI is InChI=1S/C17H18N2O3/c1-10-5-6-12-9-13(11(2)18-14(12)8-10)16(20)19-7-3-4-15(19)17(21)22/h5-6,8-9,15H,3-4,7H2,1-2H3,(H,21,22). The average Bonchev–Trinajstić information content (AvgIpc) is 2.95. The van der Waals surface area contributed by atoms with Crippen molar-refractivity contribution in [3.05, 3.63) is 41.1 Å². The van der Waals surface area contributed by atoms with E-state index >= 15 is 0 Å². The van der Waals surface area contributed by atoms with Gasteiger partial charge < -0.3 is 10.0 Å². The molecule has 2 heterocycles. The third-order valence-corrected chi connectivity index (χ3v) is 4.19. The van der Waals surface area contributed by atoms with Gasteiger partial charge in [-0.1, -0.05) is 12.1 Å². The highest BCUT2D eigenvalue weighted by atomic mass is 16.4. The van der Waals surface area contributed by atoms with Crippen molar-refractivity contribution < 1.29 is 14.7 Å². The zero-order valence-corrected chi connectivity index (χ0v) is 12.7. The number of hydrogen-bond acceptors (Lipinski definition) is 3. The number of fused-ring (bicyclic) bond motifs is 1. The second kappa shape index (κ2) is 5.40. The van der Waals surface area contributed by atoms with Gasteiger partial charge in [-0.25, -0.2) is 4.79 Å². The van der Waals surface area contributed by atoms with Gasteiger partial charge in [-0.3, -0.25) is 9.78 Å². The van der Waals surface area contributed by atoms with Gasteiger partial charge in [0.25, 0.3) is 5.91 Å². The topological polar surface area (TPSA) is 70.5 Å². The van der Waals surface area contributed by atoms with Crippen molar-refractivity contribution in [2.24, 2.45) is 0 Å². The molecule has 1 aliphatic rings. The first-order chi connectivity index (χ1) is 10.5. The highest BCUT2D eigenvalue weighted by Crippen LogP contribution is 2.24. The third kappa shape index (κ3) is 2.43. The van der Waals surface area contributed by atoms with Gasteiger partial charge >= 0.3 is 5.97 Å². The van der Waals surface area contributed by atoms with E-state index in [0.29, 0.717) is 24.2 Å². The lowest BCUT2D eigenvalue weighted by Gasteiger charge is -2.22. The fraction of sp³-hybridized carbons (Fsp3) is 0.353. The van der Waals surface area contributed by atoms with Crippen LogP contribution in [0, 0.1) is 13.8 Å². The normalized spacial score (nSPS) is 17.9. The summed E-state index contributed by atoms with van der Waals surface area (Å²) in [5.74, 6) is -1.18. The van der Waals surface area contributed by atoms with Crippen LogP contribution in [0.5, 0.6) is 0 Å². The van der Waals surface area contributed by atoms with Crippen LogP contribution in [0.25, 0.3) is 10.9 Å². The fourth-order valence-electron chi connectivity index (χ4n) is 3.01. The lowest BCUT2D eigenvalue weighted by Crippen LogP contribution is -2.40. The van der Waals surface area contributed by atoms with Crippen LogP contribution >= 0.6 is 0 Å². The van der Waals surface area contributed by atoms with Crippen LogP contribution in [0.3, 0.4) is 0 Å². The van der Waals surface area contributed by atoms with Crippen molar-refractivity contribution in [2.75, 3.05) is 6.54 Å². The molecule has 1 saturated heterocycles. The first-order valence-electron chi connectivity index (χ1n) is 7.39. The summed E-state index contributed by atoms with van der Waals surface area (Å²) in [7, 11) is 0. The number of hydrogen-bond donors (Lipinski definition) is 1. The zero-order valence-electron chi connectivity index (χ0n) is 12.7. The minimum atomic E-state index is -0.937. The van der Waals surface area contributed by atoms with E-state index in [9.17, 15) is 14.7 Å². The molecular formula is C17H18N2O3. The van der Waals surface area contributed by atoms with E-state index in [0.717, 1.165) is 22.9 Å². The smallest absolute Gasteiger partial charge is 0.326 e. The molecule has 5 heteroatoms. The summed E-state index contributed by atoms with van der Waals surface area (Å²) in [5, 5.41) is 10.1. The molecule has 2 aromatic rings. The Hall–Kier alpha value is -2.43. The minimum absolute atomic E-state index is 0.239. The number of benzene rings is 1. The maximum atomic E-state index is 12.7. The zero-order chi connectivity index (χ0) is 15.9. The van der Waals surface area contributed by atoms with Crippen LogP contribution in [-0.4, -0.2) is 39.5 Å². The number of aromatic nitrogens is 1. The molecule has 1 atom stereocenters. The number of aryl methyl sites for hydroxylation is 2. The summed E-state index contributed by atoms with van der Waals surface area (Å²) in [6.07, 6.45) is 1.24. The van der Waals surface area contributed by atoms with E-state index < -0.39 is 12.0 Å².